The van der Waals surface area contributed by atoms with Crippen LogP contribution < -0.4 is 4.90 Å². The Morgan fingerprint density at radius 2 is 2.08 bits per heavy atom. The summed E-state index contributed by atoms with van der Waals surface area (Å²) in [6.45, 7) is 2.85. The number of tetrazole rings is 1. The van der Waals surface area contributed by atoms with E-state index in [4.69, 9.17) is 4.74 Å². The molecule has 0 bridgehead atoms. The number of benzene rings is 1. The number of ether oxygens (including phenoxy) is 1. The maximum Gasteiger partial charge on any atom is 0.293 e. The van der Waals surface area contributed by atoms with Crippen LogP contribution in [0.2, 0.25) is 0 Å². The average Bonchev–Trinajstić information content (AvgIpc) is 3.30. The number of halogens is 2. The number of aryl methyl sites for hydroxylation is 1. The topological polar surface area (TPSA) is 114 Å². The molecule has 0 aliphatic carbocycles. The molecule has 0 fully saturated rings. The fourth-order valence-electron chi connectivity index (χ4n) is 3.52. The highest BCUT2D eigenvalue weighted by Crippen LogP contribution is 2.27. The molecule has 1 atom stereocenters. The van der Waals surface area contributed by atoms with E-state index in [1.165, 1.54) is 10.9 Å². The first-order valence-electron chi connectivity index (χ1n) is 11.4. The van der Waals surface area contributed by atoms with E-state index in [-0.39, 0.29) is 19.6 Å². The van der Waals surface area contributed by atoms with Gasteiger partial charge in [0.25, 0.3) is 6.47 Å². The molecule has 2 aromatic heterocycles. The summed E-state index contributed by atoms with van der Waals surface area (Å²) >= 11 is 0. The van der Waals surface area contributed by atoms with Gasteiger partial charge in [-0.2, -0.15) is 9.91 Å². The summed E-state index contributed by atoms with van der Waals surface area (Å²) < 4.78 is 32.6. The SMILES string of the molecule is CCCN(CC(CN(C)c1ccc(-c2ccc(-c3nnn(C)n3)nc2)c(F)c1)OC=O)N=NCCF. The van der Waals surface area contributed by atoms with Crippen molar-refractivity contribution in [3.63, 3.8) is 0 Å². The Morgan fingerprint density at radius 1 is 1.25 bits per heavy atom. The zero-order valence-electron chi connectivity index (χ0n) is 20.5. The first-order chi connectivity index (χ1) is 17.4. The van der Waals surface area contributed by atoms with Crippen molar-refractivity contribution in [1.82, 2.24) is 30.2 Å². The quantitative estimate of drug-likeness (QED) is 0.188. The van der Waals surface area contributed by atoms with Gasteiger partial charge in [-0.15, -0.1) is 10.2 Å². The van der Waals surface area contributed by atoms with Gasteiger partial charge in [-0.3, -0.25) is 14.8 Å². The molecule has 0 aliphatic heterocycles. The molecule has 1 aromatic carbocycles. The molecule has 0 saturated heterocycles. The molecule has 2 heterocycles. The minimum absolute atomic E-state index is 0.0273. The van der Waals surface area contributed by atoms with Crippen LogP contribution in [0.5, 0.6) is 0 Å². The van der Waals surface area contributed by atoms with Crippen LogP contribution >= 0.6 is 0 Å². The minimum Gasteiger partial charge on any atom is -0.461 e. The summed E-state index contributed by atoms with van der Waals surface area (Å²) in [5, 5.41) is 21.2. The predicted octanol–water partition coefficient (Wildman–Crippen LogP) is 3.10. The lowest BCUT2D eigenvalue weighted by molar-refractivity contribution is -0.134. The number of pyridine rings is 1. The number of aromatic nitrogens is 5. The van der Waals surface area contributed by atoms with Crippen molar-refractivity contribution in [2.45, 2.75) is 19.4 Å². The number of carbonyl (C=O) groups is 1. The molecule has 0 radical (unpaired) electrons. The molecular formula is C23H29F2N9O2. The van der Waals surface area contributed by atoms with Gasteiger partial charge in [0, 0.05) is 36.6 Å². The van der Waals surface area contributed by atoms with Crippen LogP contribution in [-0.4, -0.2) is 82.7 Å². The second-order valence-corrected chi connectivity index (χ2v) is 7.99. The average molecular weight is 502 g/mol. The molecule has 192 valence electrons. The minimum atomic E-state index is -0.596. The standard InChI is InChI=1S/C23H29F2N9O2/c1-4-11-34(30-27-10-9-24)15-19(36-16-35)14-32(2)18-6-7-20(21(25)12-18)17-5-8-22(26-13-17)23-28-31-33(3)29-23/h5-8,12-13,16,19H,4,9-11,14-15H2,1-3H3. The molecule has 36 heavy (non-hydrogen) atoms. The van der Waals surface area contributed by atoms with Gasteiger partial charge in [-0.05, 0) is 35.9 Å². The van der Waals surface area contributed by atoms with Crippen molar-refractivity contribution in [3.05, 3.63) is 42.3 Å². The summed E-state index contributed by atoms with van der Waals surface area (Å²) in [6, 6.07) is 8.31. The molecule has 0 N–H and O–H groups in total. The zero-order valence-corrected chi connectivity index (χ0v) is 20.5. The van der Waals surface area contributed by atoms with Crippen molar-refractivity contribution < 1.29 is 18.3 Å². The van der Waals surface area contributed by atoms with Gasteiger partial charge in [-0.1, -0.05) is 18.2 Å². The smallest absolute Gasteiger partial charge is 0.293 e. The normalized spacial score (nSPS) is 12.0. The van der Waals surface area contributed by atoms with Crippen molar-refractivity contribution in [2.24, 2.45) is 17.4 Å². The van der Waals surface area contributed by atoms with Crippen LogP contribution in [0.15, 0.2) is 46.9 Å². The van der Waals surface area contributed by atoms with Gasteiger partial charge in [0.2, 0.25) is 5.82 Å². The summed E-state index contributed by atoms with van der Waals surface area (Å²) in [5.41, 5.74) is 2.13. The Bertz CT molecular complexity index is 1140. The summed E-state index contributed by atoms with van der Waals surface area (Å²) in [7, 11) is 3.43. The molecule has 13 heteroatoms. The number of anilines is 1. The predicted molar refractivity (Wildman–Crippen MR) is 129 cm³/mol. The Labute approximate surface area is 207 Å². The van der Waals surface area contributed by atoms with Gasteiger partial charge in [-0.25, -0.2) is 8.78 Å². The van der Waals surface area contributed by atoms with Gasteiger partial charge in [0.05, 0.1) is 26.7 Å². The Balaban J connectivity index is 1.70. The molecule has 0 amide bonds. The highest BCUT2D eigenvalue weighted by atomic mass is 19.1. The van der Waals surface area contributed by atoms with Crippen LogP contribution in [0.3, 0.4) is 0 Å². The molecule has 0 saturated carbocycles. The number of hydrogen-bond donors (Lipinski definition) is 0. The maximum atomic E-state index is 15.0. The number of carbonyl (C=O) groups excluding carboxylic acids is 1. The van der Waals surface area contributed by atoms with E-state index in [1.54, 1.807) is 54.5 Å². The first-order valence-corrected chi connectivity index (χ1v) is 11.4. The number of nitrogens with zero attached hydrogens (tertiary/aromatic N) is 9. The zero-order chi connectivity index (χ0) is 25.9. The molecule has 1 unspecified atom stereocenters. The largest absolute Gasteiger partial charge is 0.461 e. The van der Waals surface area contributed by atoms with E-state index in [1.807, 2.05) is 6.92 Å². The second-order valence-electron chi connectivity index (χ2n) is 7.99. The molecule has 3 rings (SSSR count). The number of rotatable bonds is 14. The Hall–Kier alpha value is -4.03. The number of alkyl halides is 1. The fourth-order valence-corrected chi connectivity index (χ4v) is 3.52. The van der Waals surface area contributed by atoms with Crippen LogP contribution in [0.1, 0.15) is 13.3 Å². The van der Waals surface area contributed by atoms with Crippen LogP contribution in [0.4, 0.5) is 14.5 Å². The molecule has 0 spiro atoms. The Kier molecular flexibility index (Phi) is 9.72. The molecule has 3 aromatic rings. The lowest BCUT2D eigenvalue weighted by atomic mass is 10.1. The third-order valence-electron chi connectivity index (χ3n) is 5.20. The van der Waals surface area contributed by atoms with Crippen LogP contribution in [0.25, 0.3) is 22.6 Å². The third kappa shape index (κ3) is 7.23. The van der Waals surface area contributed by atoms with E-state index >= 15 is 4.39 Å². The Morgan fingerprint density at radius 3 is 2.69 bits per heavy atom. The molecule has 0 aliphatic rings. The van der Waals surface area contributed by atoms with E-state index in [0.29, 0.717) is 41.3 Å². The van der Waals surface area contributed by atoms with E-state index in [0.717, 1.165) is 6.42 Å². The third-order valence-corrected chi connectivity index (χ3v) is 5.20. The van der Waals surface area contributed by atoms with Crippen LogP contribution in [0, 0.1) is 5.82 Å². The van der Waals surface area contributed by atoms with E-state index in [9.17, 15) is 9.18 Å². The van der Waals surface area contributed by atoms with Gasteiger partial charge < -0.3 is 9.64 Å². The fraction of sp³-hybridized carbons (Fsp3) is 0.435. The highest BCUT2D eigenvalue weighted by Gasteiger charge is 2.18. The van der Waals surface area contributed by atoms with Crippen LogP contribution in [-0.2, 0) is 16.6 Å². The van der Waals surface area contributed by atoms with Crippen molar-refractivity contribution in [2.75, 3.05) is 44.8 Å². The lowest BCUT2D eigenvalue weighted by Gasteiger charge is -2.28. The van der Waals surface area contributed by atoms with Gasteiger partial charge in [0.1, 0.15) is 24.3 Å². The number of hydrogen-bond acceptors (Lipinski definition) is 9. The van der Waals surface area contributed by atoms with Crippen molar-refractivity contribution in [3.8, 4) is 22.6 Å². The monoisotopic (exact) mass is 501 g/mol. The van der Waals surface area contributed by atoms with Gasteiger partial charge in [0.15, 0.2) is 0 Å². The molecular weight excluding hydrogens is 472 g/mol. The lowest BCUT2D eigenvalue weighted by Crippen LogP contribution is -2.39. The summed E-state index contributed by atoms with van der Waals surface area (Å²) in [5.74, 6) is -0.0398. The summed E-state index contributed by atoms with van der Waals surface area (Å²) in [6.07, 6.45) is 1.79. The maximum absolute atomic E-state index is 15.0. The van der Waals surface area contributed by atoms with E-state index in [2.05, 4.69) is 30.7 Å². The summed E-state index contributed by atoms with van der Waals surface area (Å²) in [4.78, 5) is 18.5. The first kappa shape index (κ1) is 26.6. The van der Waals surface area contributed by atoms with Crippen molar-refractivity contribution >= 4 is 12.2 Å². The van der Waals surface area contributed by atoms with Gasteiger partial charge >= 0.3 is 0 Å². The number of likely N-dealkylation sites (N-methyl/N-ethyl adjacent to an activating group) is 1. The van der Waals surface area contributed by atoms with E-state index < -0.39 is 18.6 Å². The second kappa shape index (κ2) is 13.2. The highest BCUT2D eigenvalue weighted by molar-refractivity contribution is 5.68. The van der Waals surface area contributed by atoms with Crippen molar-refractivity contribution in [1.29, 1.82) is 0 Å². The molecule has 11 nitrogen and oxygen atoms in total.